The maximum Gasteiger partial charge on any atom is 0.224 e. The Hall–Kier alpha value is -1.75. The van der Waals surface area contributed by atoms with Crippen LogP contribution >= 0.6 is 11.8 Å². The van der Waals surface area contributed by atoms with Crippen LogP contribution in [0, 0.1) is 0 Å². The number of carbonyl (C=O) groups excluding carboxylic acids is 1. The monoisotopic (exact) mass is 273 g/mol. The van der Waals surface area contributed by atoms with Crippen LogP contribution in [-0.4, -0.2) is 29.1 Å². The number of nitrogens with zero attached hydrogens (tertiary/aromatic N) is 2. The lowest BCUT2D eigenvalue weighted by molar-refractivity contribution is -0.115. The fourth-order valence-corrected chi connectivity index (χ4v) is 3.08. The number of aliphatic imine (C=N–C) groups is 1. The number of thioether (sulfide) groups is 1. The first kappa shape index (κ1) is 12.3. The summed E-state index contributed by atoms with van der Waals surface area (Å²) in [6.07, 6.45) is 0.497. The molecule has 1 N–H and O–H groups in total. The second-order valence-electron chi connectivity index (χ2n) is 4.42. The normalized spacial score (nSPS) is 17.0. The van der Waals surface area contributed by atoms with E-state index in [2.05, 4.69) is 20.6 Å². The Morgan fingerprint density at radius 1 is 1.42 bits per heavy atom. The smallest absolute Gasteiger partial charge is 0.224 e. The Labute approximate surface area is 116 Å². The molecule has 0 spiro atoms. The zero-order valence-electron chi connectivity index (χ0n) is 10.7. The van der Waals surface area contributed by atoms with E-state index in [0.717, 1.165) is 29.5 Å². The molecule has 19 heavy (non-hydrogen) atoms. The third kappa shape index (κ3) is 2.38. The standard InChI is InChI=1S/C14H15N3OS/c1-2-13(18)16-11-5-3-10(4-6-11)12-9-19-14-15-7-8-17(12)14/h3-6,9H,2,7-8H2,1H3,(H,16,18). The maximum absolute atomic E-state index is 11.3. The molecule has 0 aliphatic carbocycles. The Bertz CT molecular complexity index is 563. The average Bonchev–Trinajstić information content (AvgIpc) is 3.02. The van der Waals surface area contributed by atoms with Gasteiger partial charge in [-0.05, 0) is 17.7 Å². The lowest BCUT2D eigenvalue weighted by Gasteiger charge is -2.16. The minimum absolute atomic E-state index is 0.0392. The zero-order chi connectivity index (χ0) is 13.2. The van der Waals surface area contributed by atoms with Crippen molar-refractivity contribution < 1.29 is 4.79 Å². The molecule has 0 bridgehead atoms. The Morgan fingerprint density at radius 3 is 2.95 bits per heavy atom. The number of nitrogens with one attached hydrogen (secondary N) is 1. The van der Waals surface area contributed by atoms with Gasteiger partial charge in [0.1, 0.15) is 0 Å². The highest BCUT2D eigenvalue weighted by atomic mass is 32.2. The predicted molar refractivity (Wildman–Crippen MR) is 79.9 cm³/mol. The van der Waals surface area contributed by atoms with Crippen LogP contribution in [0.3, 0.4) is 0 Å². The average molecular weight is 273 g/mol. The highest BCUT2D eigenvalue weighted by Gasteiger charge is 2.26. The van der Waals surface area contributed by atoms with Crippen molar-refractivity contribution in [1.29, 1.82) is 0 Å². The summed E-state index contributed by atoms with van der Waals surface area (Å²) in [6.45, 7) is 3.69. The summed E-state index contributed by atoms with van der Waals surface area (Å²) < 4.78 is 0. The van der Waals surface area contributed by atoms with Crippen molar-refractivity contribution in [3.05, 3.63) is 35.2 Å². The third-order valence-electron chi connectivity index (χ3n) is 3.15. The van der Waals surface area contributed by atoms with E-state index in [0.29, 0.717) is 6.42 Å². The number of hydrogen-bond acceptors (Lipinski definition) is 4. The van der Waals surface area contributed by atoms with Gasteiger partial charge in [0.25, 0.3) is 0 Å². The van der Waals surface area contributed by atoms with Gasteiger partial charge >= 0.3 is 0 Å². The summed E-state index contributed by atoms with van der Waals surface area (Å²) in [4.78, 5) is 18.0. The number of rotatable bonds is 3. The van der Waals surface area contributed by atoms with Crippen LogP contribution in [0.15, 0.2) is 34.7 Å². The van der Waals surface area contributed by atoms with E-state index in [-0.39, 0.29) is 5.91 Å². The number of benzene rings is 1. The first-order valence-corrected chi connectivity index (χ1v) is 7.25. The van der Waals surface area contributed by atoms with E-state index < -0.39 is 0 Å². The van der Waals surface area contributed by atoms with Gasteiger partial charge in [0, 0.05) is 24.1 Å². The lowest BCUT2D eigenvalue weighted by atomic mass is 10.1. The molecular weight excluding hydrogens is 258 g/mol. The van der Waals surface area contributed by atoms with Crippen molar-refractivity contribution in [2.45, 2.75) is 13.3 Å². The maximum atomic E-state index is 11.3. The molecule has 5 heteroatoms. The SMILES string of the molecule is CCC(=O)Nc1ccc(C2=CSC3=NCCN23)cc1. The number of amides is 1. The molecule has 4 nitrogen and oxygen atoms in total. The van der Waals surface area contributed by atoms with Crippen LogP contribution in [-0.2, 0) is 4.79 Å². The molecule has 0 saturated carbocycles. The molecule has 2 heterocycles. The Balaban J connectivity index is 1.76. The molecule has 0 saturated heterocycles. The number of amidine groups is 1. The lowest BCUT2D eigenvalue weighted by Crippen LogP contribution is -2.19. The molecular formula is C14H15N3OS. The highest BCUT2D eigenvalue weighted by Crippen LogP contribution is 2.35. The van der Waals surface area contributed by atoms with Gasteiger partial charge in [-0.3, -0.25) is 9.79 Å². The van der Waals surface area contributed by atoms with E-state index in [1.807, 2.05) is 31.2 Å². The molecule has 2 aliphatic rings. The van der Waals surface area contributed by atoms with E-state index in [1.165, 1.54) is 5.70 Å². The number of anilines is 1. The zero-order valence-corrected chi connectivity index (χ0v) is 11.5. The molecule has 1 aromatic rings. The highest BCUT2D eigenvalue weighted by molar-refractivity contribution is 8.16. The molecule has 3 rings (SSSR count). The topological polar surface area (TPSA) is 44.7 Å². The van der Waals surface area contributed by atoms with E-state index in [4.69, 9.17) is 0 Å². The van der Waals surface area contributed by atoms with E-state index >= 15 is 0 Å². The summed E-state index contributed by atoms with van der Waals surface area (Å²) in [5.41, 5.74) is 3.21. The molecule has 1 aromatic carbocycles. The van der Waals surface area contributed by atoms with Gasteiger partial charge in [0.05, 0.1) is 12.2 Å². The van der Waals surface area contributed by atoms with Gasteiger partial charge in [-0.15, -0.1) is 0 Å². The van der Waals surface area contributed by atoms with Crippen LogP contribution in [0.1, 0.15) is 18.9 Å². The summed E-state index contributed by atoms with van der Waals surface area (Å²) >= 11 is 1.68. The van der Waals surface area contributed by atoms with Crippen molar-refractivity contribution in [3.8, 4) is 0 Å². The summed E-state index contributed by atoms with van der Waals surface area (Å²) in [7, 11) is 0. The summed E-state index contributed by atoms with van der Waals surface area (Å²) in [5, 5.41) is 6.09. The quantitative estimate of drug-likeness (QED) is 0.921. The first-order chi connectivity index (χ1) is 9.28. The van der Waals surface area contributed by atoms with Gasteiger partial charge in [-0.2, -0.15) is 0 Å². The molecule has 0 atom stereocenters. The minimum atomic E-state index is 0.0392. The summed E-state index contributed by atoms with van der Waals surface area (Å²) in [5.74, 6) is 0.0392. The van der Waals surface area contributed by atoms with Crippen LogP contribution in [0.25, 0.3) is 5.70 Å². The van der Waals surface area contributed by atoms with Gasteiger partial charge in [-0.1, -0.05) is 30.8 Å². The van der Waals surface area contributed by atoms with Crippen LogP contribution in [0.5, 0.6) is 0 Å². The fourth-order valence-electron chi connectivity index (χ4n) is 2.12. The van der Waals surface area contributed by atoms with E-state index in [1.54, 1.807) is 11.8 Å². The van der Waals surface area contributed by atoms with Gasteiger partial charge < -0.3 is 10.2 Å². The Kier molecular flexibility index (Phi) is 3.29. The van der Waals surface area contributed by atoms with Crippen LogP contribution < -0.4 is 5.32 Å². The minimum Gasteiger partial charge on any atom is -0.326 e. The van der Waals surface area contributed by atoms with Crippen molar-refractivity contribution in [2.75, 3.05) is 18.4 Å². The van der Waals surface area contributed by atoms with Gasteiger partial charge in [0.15, 0.2) is 5.17 Å². The number of carbonyl (C=O) groups is 1. The van der Waals surface area contributed by atoms with Crippen LogP contribution in [0.4, 0.5) is 5.69 Å². The Morgan fingerprint density at radius 2 is 2.21 bits per heavy atom. The molecule has 0 radical (unpaired) electrons. The molecule has 1 amide bonds. The molecule has 0 fully saturated rings. The van der Waals surface area contributed by atoms with Gasteiger partial charge in [0.2, 0.25) is 5.91 Å². The van der Waals surface area contributed by atoms with Crippen molar-refractivity contribution in [3.63, 3.8) is 0 Å². The first-order valence-electron chi connectivity index (χ1n) is 6.37. The van der Waals surface area contributed by atoms with Crippen molar-refractivity contribution in [1.82, 2.24) is 4.90 Å². The predicted octanol–water partition coefficient (Wildman–Crippen LogP) is 2.75. The number of fused-ring (bicyclic) bond motifs is 1. The van der Waals surface area contributed by atoms with Crippen molar-refractivity contribution in [2.24, 2.45) is 4.99 Å². The van der Waals surface area contributed by atoms with E-state index in [9.17, 15) is 4.79 Å². The number of hydrogen-bond donors (Lipinski definition) is 1. The second kappa shape index (κ2) is 5.09. The summed E-state index contributed by atoms with van der Waals surface area (Å²) in [6, 6.07) is 7.97. The molecule has 0 aromatic heterocycles. The molecule has 98 valence electrons. The third-order valence-corrected chi connectivity index (χ3v) is 4.06. The van der Waals surface area contributed by atoms with Crippen LogP contribution in [0.2, 0.25) is 0 Å². The fraction of sp³-hybridized carbons (Fsp3) is 0.286. The van der Waals surface area contributed by atoms with Crippen molar-refractivity contribution >= 4 is 34.2 Å². The second-order valence-corrected chi connectivity index (χ2v) is 5.25. The van der Waals surface area contributed by atoms with Gasteiger partial charge in [-0.25, -0.2) is 0 Å². The molecule has 2 aliphatic heterocycles. The largest absolute Gasteiger partial charge is 0.326 e. The molecule has 0 unspecified atom stereocenters.